The molecule has 1 aliphatic heterocycles. The van der Waals surface area contributed by atoms with Crippen LogP contribution in [-0.2, 0) is 27.3 Å². The van der Waals surface area contributed by atoms with Crippen LogP contribution < -0.4 is 4.74 Å². The molecule has 0 spiro atoms. The molecule has 158 valence electrons. The molecule has 0 bridgehead atoms. The lowest BCUT2D eigenvalue weighted by Gasteiger charge is -2.23. The summed E-state index contributed by atoms with van der Waals surface area (Å²) in [5.41, 5.74) is 2.99. The van der Waals surface area contributed by atoms with E-state index >= 15 is 0 Å². The SMILES string of the molecule is CCOC(=O)CCc1nn(C2CCCCO2)c2cc(OCc3ccccc3)ccc12. The molecule has 1 aliphatic rings. The molecule has 30 heavy (non-hydrogen) atoms. The number of hydrogen-bond donors (Lipinski definition) is 0. The minimum Gasteiger partial charge on any atom is -0.489 e. The van der Waals surface area contributed by atoms with Gasteiger partial charge in [0, 0.05) is 24.5 Å². The van der Waals surface area contributed by atoms with Gasteiger partial charge in [-0.2, -0.15) is 5.10 Å². The molecule has 1 saturated heterocycles. The van der Waals surface area contributed by atoms with Gasteiger partial charge in [0.1, 0.15) is 12.4 Å². The minimum atomic E-state index is -0.197. The van der Waals surface area contributed by atoms with Crippen molar-refractivity contribution in [2.45, 2.75) is 51.9 Å². The van der Waals surface area contributed by atoms with Crippen LogP contribution in [-0.4, -0.2) is 29.0 Å². The summed E-state index contributed by atoms with van der Waals surface area (Å²) >= 11 is 0. The Morgan fingerprint density at radius 3 is 2.83 bits per heavy atom. The molecule has 1 aromatic heterocycles. The number of nitrogens with zero attached hydrogens (tertiary/aromatic N) is 2. The number of aromatic nitrogens is 2. The van der Waals surface area contributed by atoms with Gasteiger partial charge >= 0.3 is 5.97 Å². The largest absolute Gasteiger partial charge is 0.489 e. The van der Waals surface area contributed by atoms with Gasteiger partial charge in [-0.25, -0.2) is 4.68 Å². The Kier molecular flexibility index (Phi) is 6.64. The predicted octanol–water partition coefficient (Wildman–Crippen LogP) is 4.81. The molecule has 0 radical (unpaired) electrons. The lowest BCUT2D eigenvalue weighted by atomic mass is 10.1. The van der Waals surface area contributed by atoms with Gasteiger partial charge in [0.05, 0.1) is 24.2 Å². The zero-order valence-electron chi connectivity index (χ0n) is 17.4. The number of fused-ring (bicyclic) bond motifs is 1. The van der Waals surface area contributed by atoms with Crippen LogP contribution in [0.4, 0.5) is 0 Å². The highest BCUT2D eigenvalue weighted by molar-refractivity contribution is 5.84. The third kappa shape index (κ3) is 4.82. The molecule has 2 heterocycles. The van der Waals surface area contributed by atoms with Crippen LogP contribution in [0.5, 0.6) is 5.75 Å². The van der Waals surface area contributed by atoms with Gasteiger partial charge in [-0.1, -0.05) is 30.3 Å². The lowest BCUT2D eigenvalue weighted by molar-refractivity contribution is -0.143. The minimum absolute atomic E-state index is 0.0815. The van der Waals surface area contributed by atoms with Gasteiger partial charge in [-0.15, -0.1) is 0 Å². The molecule has 6 heteroatoms. The van der Waals surface area contributed by atoms with Crippen molar-refractivity contribution in [2.75, 3.05) is 13.2 Å². The van der Waals surface area contributed by atoms with Gasteiger partial charge < -0.3 is 14.2 Å². The Bertz CT molecular complexity index is 978. The van der Waals surface area contributed by atoms with Gasteiger partial charge in [0.25, 0.3) is 0 Å². The molecule has 4 rings (SSSR count). The van der Waals surface area contributed by atoms with E-state index in [1.165, 1.54) is 0 Å². The summed E-state index contributed by atoms with van der Waals surface area (Å²) in [5.74, 6) is 0.595. The molecule has 6 nitrogen and oxygen atoms in total. The molecule has 2 aromatic carbocycles. The third-order valence-corrected chi connectivity index (χ3v) is 5.30. The van der Waals surface area contributed by atoms with E-state index < -0.39 is 0 Å². The monoisotopic (exact) mass is 408 g/mol. The highest BCUT2D eigenvalue weighted by Crippen LogP contribution is 2.31. The summed E-state index contributed by atoms with van der Waals surface area (Å²) in [6, 6.07) is 16.1. The topological polar surface area (TPSA) is 62.6 Å². The van der Waals surface area contributed by atoms with Gasteiger partial charge in [0.15, 0.2) is 6.23 Å². The molecule has 0 saturated carbocycles. The summed E-state index contributed by atoms with van der Waals surface area (Å²) < 4.78 is 19.0. The van der Waals surface area contributed by atoms with Crippen molar-refractivity contribution in [3.05, 3.63) is 59.8 Å². The number of rotatable bonds is 8. The predicted molar refractivity (Wildman–Crippen MR) is 114 cm³/mol. The van der Waals surface area contributed by atoms with Crippen molar-refractivity contribution in [3.63, 3.8) is 0 Å². The van der Waals surface area contributed by atoms with E-state index in [1.54, 1.807) is 0 Å². The van der Waals surface area contributed by atoms with Crippen LogP contribution in [0, 0.1) is 0 Å². The zero-order valence-corrected chi connectivity index (χ0v) is 17.4. The molecule has 0 amide bonds. The highest BCUT2D eigenvalue weighted by atomic mass is 16.5. The Hall–Kier alpha value is -2.86. The number of aryl methyl sites for hydroxylation is 1. The standard InChI is InChI=1S/C24H28N2O4/c1-2-28-24(27)14-13-21-20-12-11-19(30-17-18-8-4-3-5-9-18)16-22(20)26(25-21)23-10-6-7-15-29-23/h3-5,8-9,11-12,16,23H,2,6-7,10,13-15,17H2,1H3. The van der Waals surface area contributed by atoms with E-state index in [1.807, 2.05) is 60.1 Å². The second-order valence-electron chi connectivity index (χ2n) is 7.47. The molecular weight excluding hydrogens is 380 g/mol. The number of carbonyl (C=O) groups is 1. The number of benzene rings is 2. The van der Waals surface area contributed by atoms with E-state index in [-0.39, 0.29) is 12.2 Å². The Morgan fingerprint density at radius 2 is 2.07 bits per heavy atom. The van der Waals surface area contributed by atoms with Crippen LogP contribution in [0.2, 0.25) is 0 Å². The number of ether oxygens (including phenoxy) is 3. The maximum atomic E-state index is 11.8. The quantitative estimate of drug-likeness (QED) is 0.501. The van der Waals surface area contributed by atoms with E-state index in [0.29, 0.717) is 26.1 Å². The number of esters is 1. The number of carbonyl (C=O) groups excluding carboxylic acids is 1. The molecule has 1 unspecified atom stereocenters. The van der Waals surface area contributed by atoms with Gasteiger partial charge in [-0.3, -0.25) is 4.79 Å². The first-order valence-electron chi connectivity index (χ1n) is 10.7. The first-order valence-corrected chi connectivity index (χ1v) is 10.7. The Labute approximate surface area is 176 Å². The van der Waals surface area contributed by atoms with Crippen LogP contribution in [0.25, 0.3) is 10.9 Å². The summed E-state index contributed by atoms with van der Waals surface area (Å²) in [4.78, 5) is 11.8. The molecule has 3 aromatic rings. The smallest absolute Gasteiger partial charge is 0.306 e. The van der Waals surface area contributed by atoms with Crippen LogP contribution in [0.15, 0.2) is 48.5 Å². The summed E-state index contributed by atoms with van der Waals surface area (Å²) in [7, 11) is 0. The summed E-state index contributed by atoms with van der Waals surface area (Å²) in [6.07, 6.45) is 3.91. The first-order chi connectivity index (χ1) is 14.7. The van der Waals surface area contributed by atoms with Gasteiger partial charge in [-0.05, 0) is 43.9 Å². The summed E-state index contributed by atoms with van der Waals surface area (Å²) in [5, 5.41) is 5.86. The zero-order chi connectivity index (χ0) is 20.8. The van der Waals surface area contributed by atoms with Crippen LogP contribution in [0.3, 0.4) is 0 Å². The fraction of sp³-hybridized carbons (Fsp3) is 0.417. The van der Waals surface area contributed by atoms with Crippen molar-refractivity contribution >= 4 is 16.9 Å². The van der Waals surface area contributed by atoms with Crippen molar-refractivity contribution in [1.29, 1.82) is 0 Å². The maximum Gasteiger partial charge on any atom is 0.306 e. The van der Waals surface area contributed by atoms with Gasteiger partial charge in [0.2, 0.25) is 0 Å². The normalized spacial score (nSPS) is 16.5. The Balaban J connectivity index is 1.59. The van der Waals surface area contributed by atoms with Crippen molar-refractivity contribution < 1.29 is 19.0 Å². The second-order valence-corrected chi connectivity index (χ2v) is 7.47. The van der Waals surface area contributed by atoms with Crippen LogP contribution >= 0.6 is 0 Å². The second kappa shape index (κ2) is 9.76. The average Bonchev–Trinajstić information content (AvgIpc) is 3.16. The molecule has 0 N–H and O–H groups in total. The van der Waals surface area contributed by atoms with Crippen LogP contribution in [0.1, 0.15) is 50.1 Å². The molecule has 1 atom stereocenters. The molecule has 0 aliphatic carbocycles. The van der Waals surface area contributed by atoms with E-state index in [4.69, 9.17) is 19.3 Å². The maximum absolute atomic E-state index is 11.8. The fourth-order valence-corrected chi connectivity index (χ4v) is 3.79. The fourth-order valence-electron chi connectivity index (χ4n) is 3.79. The lowest BCUT2D eigenvalue weighted by Crippen LogP contribution is -2.19. The first kappa shape index (κ1) is 20.4. The van der Waals surface area contributed by atoms with Crippen molar-refractivity contribution in [2.24, 2.45) is 0 Å². The van der Waals surface area contributed by atoms with Crippen molar-refractivity contribution in [3.8, 4) is 5.75 Å². The van der Waals surface area contributed by atoms with E-state index in [9.17, 15) is 4.79 Å². The highest BCUT2D eigenvalue weighted by Gasteiger charge is 2.22. The third-order valence-electron chi connectivity index (χ3n) is 5.30. The molecule has 1 fully saturated rings. The van der Waals surface area contributed by atoms with E-state index in [0.717, 1.165) is 53.8 Å². The average molecular weight is 408 g/mol. The van der Waals surface area contributed by atoms with E-state index in [2.05, 4.69) is 0 Å². The van der Waals surface area contributed by atoms with Crippen molar-refractivity contribution in [1.82, 2.24) is 9.78 Å². The summed E-state index contributed by atoms with van der Waals surface area (Å²) in [6.45, 7) is 3.47. The molecular formula is C24H28N2O4. The number of hydrogen-bond acceptors (Lipinski definition) is 5. The Morgan fingerprint density at radius 1 is 1.20 bits per heavy atom.